The highest BCUT2D eigenvalue weighted by Gasteiger charge is 2.44. The molecular formula is C26H30O5. The van der Waals surface area contributed by atoms with E-state index in [1.165, 1.54) is 20.3 Å². The van der Waals surface area contributed by atoms with Crippen LogP contribution in [0.25, 0.3) is 0 Å². The topological polar surface area (TPSA) is 69.7 Å². The van der Waals surface area contributed by atoms with Gasteiger partial charge in [0.1, 0.15) is 11.5 Å². The van der Waals surface area contributed by atoms with Crippen molar-refractivity contribution in [3.63, 3.8) is 0 Å². The number of hydrogen-bond donors (Lipinski definition) is 0. The standard InChI is InChI=1S/C26H30O5/c1-25(2,30-5)20(17-21(27)18-13-9-7-10-14-18)22(24(29)26(3,4)31-6)23(28)19-15-11-8-12-16-19/h7-17,22H,1-6H3/b20-17-/t22-/m0/s1. The summed E-state index contributed by atoms with van der Waals surface area (Å²) in [6, 6.07) is 17.3. The fraction of sp³-hybridized carbons (Fsp3) is 0.346. The van der Waals surface area contributed by atoms with Crippen LogP contribution in [0.2, 0.25) is 0 Å². The molecule has 0 N–H and O–H groups in total. The van der Waals surface area contributed by atoms with Crippen LogP contribution < -0.4 is 0 Å². The van der Waals surface area contributed by atoms with Gasteiger partial charge in [-0.25, -0.2) is 0 Å². The summed E-state index contributed by atoms with van der Waals surface area (Å²) in [4.78, 5) is 40.2. The number of ketones is 3. The smallest absolute Gasteiger partial charge is 0.185 e. The fourth-order valence-electron chi connectivity index (χ4n) is 3.17. The van der Waals surface area contributed by atoms with E-state index in [0.29, 0.717) is 11.1 Å². The van der Waals surface area contributed by atoms with Gasteiger partial charge in [-0.3, -0.25) is 14.4 Å². The molecule has 2 aromatic rings. The Hall–Kier alpha value is -2.89. The Morgan fingerprint density at radius 1 is 0.742 bits per heavy atom. The van der Waals surface area contributed by atoms with Crippen molar-refractivity contribution in [2.24, 2.45) is 5.92 Å². The van der Waals surface area contributed by atoms with E-state index in [1.54, 1.807) is 82.3 Å². The van der Waals surface area contributed by atoms with Crippen LogP contribution in [0.3, 0.4) is 0 Å². The van der Waals surface area contributed by atoms with Gasteiger partial charge in [-0.2, -0.15) is 0 Å². The summed E-state index contributed by atoms with van der Waals surface area (Å²) in [5.41, 5.74) is -1.19. The van der Waals surface area contributed by atoms with Crippen LogP contribution in [0.4, 0.5) is 0 Å². The number of Topliss-reactive ketones (excluding diaryl/α,β-unsaturated/α-hetero) is 2. The van der Waals surface area contributed by atoms with Crippen molar-refractivity contribution in [2.75, 3.05) is 14.2 Å². The number of allylic oxidation sites excluding steroid dienone is 1. The first-order valence-corrected chi connectivity index (χ1v) is 10.1. The zero-order chi connectivity index (χ0) is 23.2. The van der Waals surface area contributed by atoms with E-state index >= 15 is 0 Å². The van der Waals surface area contributed by atoms with Crippen LogP contribution in [-0.2, 0) is 14.3 Å². The second kappa shape index (κ2) is 9.94. The maximum absolute atomic E-state index is 13.6. The van der Waals surface area contributed by atoms with E-state index in [0.717, 1.165) is 0 Å². The molecule has 0 heterocycles. The third-order valence-electron chi connectivity index (χ3n) is 5.55. The minimum Gasteiger partial charge on any atom is -0.374 e. The molecule has 31 heavy (non-hydrogen) atoms. The van der Waals surface area contributed by atoms with Crippen molar-refractivity contribution in [2.45, 2.75) is 38.9 Å². The minimum atomic E-state index is -1.25. The van der Waals surface area contributed by atoms with Gasteiger partial charge in [-0.05, 0) is 39.3 Å². The van der Waals surface area contributed by atoms with Gasteiger partial charge < -0.3 is 9.47 Å². The van der Waals surface area contributed by atoms with Crippen LogP contribution in [0, 0.1) is 5.92 Å². The van der Waals surface area contributed by atoms with E-state index < -0.39 is 28.7 Å². The van der Waals surface area contributed by atoms with Gasteiger partial charge in [0.15, 0.2) is 17.3 Å². The predicted octanol–water partition coefficient (Wildman–Crippen LogP) is 4.71. The molecule has 0 saturated heterocycles. The largest absolute Gasteiger partial charge is 0.374 e. The van der Waals surface area contributed by atoms with Gasteiger partial charge in [0.2, 0.25) is 0 Å². The molecule has 0 saturated carbocycles. The first-order chi connectivity index (χ1) is 14.5. The Kier molecular flexibility index (Phi) is 7.82. The van der Waals surface area contributed by atoms with Gasteiger partial charge >= 0.3 is 0 Å². The first kappa shape index (κ1) is 24.4. The summed E-state index contributed by atoms with van der Waals surface area (Å²) in [6.45, 7) is 6.68. The van der Waals surface area contributed by atoms with Crippen LogP contribution in [0.15, 0.2) is 72.3 Å². The molecule has 0 spiro atoms. The summed E-state index contributed by atoms with van der Waals surface area (Å²) < 4.78 is 11.0. The molecular weight excluding hydrogens is 392 g/mol. The molecule has 0 aliphatic carbocycles. The lowest BCUT2D eigenvalue weighted by Crippen LogP contribution is -2.46. The molecule has 5 heteroatoms. The van der Waals surface area contributed by atoms with Crippen LogP contribution in [0.1, 0.15) is 48.4 Å². The quantitative estimate of drug-likeness (QED) is 0.315. The summed E-state index contributed by atoms with van der Waals surface area (Å²) >= 11 is 0. The molecule has 1 atom stereocenters. The van der Waals surface area contributed by atoms with Crippen LogP contribution in [-0.4, -0.2) is 42.8 Å². The maximum atomic E-state index is 13.6. The monoisotopic (exact) mass is 422 g/mol. The fourth-order valence-corrected chi connectivity index (χ4v) is 3.17. The second-order valence-electron chi connectivity index (χ2n) is 8.29. The third kappa shape index (κ3) is 5.63. The highest BCUT2D eigenvalue weighted by atomic mass is 16.5. The van der Waals surface area contributed by atoms with Crippen molar-refractivity contribution in [1.29, 1.82) is 0 Å². The lowest BCUT2D eigenvalue weighted by atomic mass is 9.75. The molecule has 0 amide bonds. The van der Waals surface area contributed by atoms with E-state index in [9.17, 15) is 14.4 Å². The van der Waals surface area contributed by atoms with Crippen LogP contribution in [0.5, 0.6) is 0 Å². The van der Waals surface area contributed by atoms with Crippen molar-refractivity contribution in [3.05, 3.63) is 83.4 Å². The Morgan fingerprint density at radius 3 is 1.65 bits per heavy atom. The van der Waals surface area contributed by atoms with Crippen molar-refractivity contribution in [3.8, 4) is 0 Å². The molecule has 0 bridgehead atoms. The molecule has 5 nitrogen and oxygen atoms in total. The zero-order valence-electron chi connectivity index (χ0n) is 19.0. The third-order valence-corrected chi connectivity index (χ3v) is 5.55. The summed E-state index contributed by atoms with van der Waals surface area (Å²) in [5.74, 6) is -2.41. The maximum Gasteiger partial charge on any atom is 0.185 e. The molecule has 0 aromatic heterocycles. The number of hydrogen-bond acceptors (Lipinski definition) is 5. The molecule has 0 radical (unpaired) electrons. The number of methoxy groups -OCH3 is 2. The Balaban J connectivity index is 2.71. The molecule has 0 unspecified atom stereocenters. The van der Waals surface area contributed by atoms with Gasteiger partial charge in [-0.1, -0.05) is 60.7 Å². The minimum absolute atomic E-state index is 0.285. The molecule has 0 aliphatic heterocycles. The number of carbonyl (C=O) groups is 3. The van der Waals surface area contributed by atoms with Crippen LogP contribution >= 0.6 is 0 Å². The van der Waals surface area contributed by atoms with Crippen molar-refractivity contribution < 1.29 is 23.9 Å². The van der Waals surface area contributed by atoms with Gasteiger partial charge in [0, 0.05) is 25.3 Å². The molecule has 2 aromatic carbocycles. The predicted molar refractivity (Wildman–Crippen MR) is 120 cm³/mol. The molecule has 0 fully saturated rings. The summed E-state index contributed by atoms with van der Waals surface area (Å²) in [6.07, 6.45) is 1.36. The zero-order valence-corrected chi connectivity index (χ0v) is 19.0. The van der Waals surface area contributed by atoms with E-state index in [4.69, 9.17) is 9.47 Å². The van der Waals surface area contributed by atoms with Crippen molar-refractivity contribution >= 4 is 17.3 Å². The summed E-state index contributed by atoms with van der Waals surface area (Å²) in [7, 11) is 2.90. The Bertz CT molecular complexity index is 956. The Morgan fingerprint density at radius 2 is 1.19 bits per heavy atom. The number of ether oxygens (including phenoxy) is 2. The molecule has 164 valence electrons. The highest BCUT2D eigenvalue weighted by molar-refractivity contribution is 6.16. The molecule has 2 rings (SSSR count). The molecule has 0 aliphatic rings. The number of rotatable bonds is 10. The SMILES string of the molecule is COC(C)(C)C(=O)[C@H](C(=O)c1ccccc1)/C(=C/C(=O)c1ccccc1)C(C)(C)OC. The summed E-state index contributed by atoms with van der Waals surface area (Å²) in [5, 5.41) is 0. The van der Waals surface area contributed by atoms with E-state index in [1.807, 2.05) is 6.07 Å². The normalized spacial score (nSPS) is 13.5. The average Bonchev–Trinajstić information content (AvgIpc) is 2.79. The van der Waals surface area contributed by atoms with Gasteiger partial charge in [0.25, 0.3) is 0 Å². The van der Waals surface area contributed by atoms with Gasteiger partial charge in [0.05, 0.1) is 5.60 Å². The van der Waals surface area contributed by atoms with Crippen molar-refractivity contribution in [1.82, 2.24) is 0 Å². The Labute approximate surface area is 184 Å². The first-order valence-electron chi connectivity index (χ1n) is 10.1. The average molecular weight is 423 g/mol. The van der Waals surface area contributed by atoms with Gasteiger partial charge in [-0.15, -0.1) is 0 Å². The lowest BCUT2D eigenvalue weighted by Gasteiger charge is -2.34. The number of benzene rings is 2. The second-order valence-corrected chi connectivity index (χ2v) is 8.29. The van der Waals surface area contributed by atoms with E-state index in [-0.39, 0.29) is 11.4 Å². The lowest BCUT2D eigenvalue weighted by molar-refractivity contribution is -0.139. The highest BCUT2D eigenvalue weighted by Crippen LogP contribution is 2.34. The number of carbonyl (C=O) groups excluding carboxylic acids is 3. The van der Waals surface area contributed by atoms with E-state index in [2.05, 4.69) is 0 Å².